The molecule has 1 rings (SSSR count). The Morgan fingerprint density at radius 2 is 2.27 bits per heavy atom. The van der Waals surface area contributed by atoms with E-state index in [1.807, 2.05) is 31.1 Å². The SMILES string of the molecule is CCCCCSCc1cc(NC)ccn1. The monoisotopic (exact) mass is 224 g/mol. The molecule has 84 valence electrons. The number of hydrogen-bond donors (Lipinski definition) is 1. The van der Waals surface area contributed by atoms with Crippen LogP contribution in [0.1, 0.15) is 31.9 Å². The van der Waals surface area contributed by atoms with Gasteiger partial charge in [-0.25, -0.2) is 0 Å². The van der Waals surface area contributed by atoms with Crippen LogP contribution in [0.15, 0.2) is 18.3 Å². The molecule has 0 spiro atoms. The summed E-state index contributed by atoms with van der Waals surface area (Å²) in [6, 6.07) is 4.11. The first-order valence-electron chi connectivity index (χ1n) is 5.57. The number of nitrogens with one attached hydrogen (secondary N) is 1. The first-order valence-corrected chi connectivity index (χ1v) is 6.72. The smallest absolute Gasteiger partial charge is 0.0523 e. The minimum absolute atomic E-state index is 1.03. The van der Waals surface area contributed by atoms with Gasteiger partial charge in [0.05, 0.1) is 5.69 Å². The molecule has 1 aromatic rings. The summed E-state index contributed by atoms with van der Waals surface area (Å²) in [7, 11) is 1.94. The number of anilines is 1. The maximum atomic E-state index is 4.34. The molecule has 1 N–H and O–H groups in total. The summed E-state index contributed by atoms with van der Waals surface area (Å²) < 4.78 is 0. The van der Waals surface area contributed by atoms with Crippen LogP contribution in [0.3, 0.4) is 0 Å². The molecular formula is C12H20N2S. The fourth-order valence-corrected chi connectivity index (χ4v) is 2.26. The highest BCUT2D eigenvalue weighted by atomic mass is 32.2. The van der Waals surface area contributed by atoms with E-state index in [1.54, 1.807) is 0 Å². The second-order valence-corrected chi connectivity index (χ2v) is 4.65. The van der Waals surface area contributed by atoms with Crippen LogP contribution in [0.4, 0.5) is 5.69 Å². The molecule has 0 atom stereocenters. The molecule has 0 amide bonds. The Bertz CT molecular complexity index is 276. The van der Waals surface area contributed by atoms with Crippen LogP contribution in [0, 0.1) is 0 Å². The molecule has 0 saturated heterocycles. The Morgan fingerprint density at radius 3 is 3.00 bits per heavy atom. The number of aromatic nitrogens is 1. The minimum Gasteiger partial charge on any atom is -0.388 e. The van der Waals surface area contributed by atoms with Crippen molar-refractivity contribution in [3.05, 3.63) is 24.0 Å². The molecule has 0 radical (unpaired) electrons. The Hall–Kier alpha value is -0.700. The molecule has 1 heterocycles. The normalized spacial score (nSPS) is 10.3. The molecule has 15 heavy (non-hydrogen) atoms. The highest BCUT2D eigenvalue weighted by molar-refractivity contribution is 7.98. The summed E-state index contributed by atoms with van der Waals surface area (Å²) in [6.45, 7) is 2.24. The van der Waals surface area contributed by atoms with E-state index >= 15 is 0 Å². The van der Waals surface area contributed by atoms with E-state index in [2.05, 4.69) is 23.3 Å². The predicted molar refractivity (Wildman–Crippen MR) is 69.5 cm³/mol. The highest BCUT2D eigenvalue weighted by Gasteiger charge is 1.96. The number of hydrogen-bond acceptors (Lipinski definition) is 3. The molecule has 0 aliphatic carbocycles. The fourth-order valence-electron chi connectivity index (χ4n) is 1.34. The molecule has 0 aliphatic rings. The lowest BCUT2D eigenvalue weighted by Crippen LogP contribution is -1.92. The Morgan fingerprint density at radius 1 is 1.40 bits per heavy atom. The van der Waals surface area contributed by atoms with Crippen LogP contribution in [0.2, 0.25) is 0 Å². The standard InChI is InChI=1S/C12H20N2S/c1-3-4-5-8-15-10-12-9-11(13-2)6-7-14-12/h6-7,9H,3-5,8,10H2,1-2H3,(H,13,14). The topological polar surface area (TPSA) is 24.9 Å². The van der Waals surface area contributed by atoms with Gasteiger partial charge in [0.2, 0.25) is 0 Å². The summed E-state index contributed by atoms with van der Waals surface area (Å²) in [6.07, 6.45) is 5.84. The van der Waals surface area contributed by atoms with Crippen LogP contribution in [-0.4, -0.2) is 17.8 Å². The molecule has 0 unspecified atom stereocenters. The third-order valence-corrected chi connectivity index (χ3v) is 3.32. The van der Waals surface area contributed by atoms with Crippen LogP contribution >= 0.6 is 11.8 Å². The molecule has 3 heteroatoms. The van der Waals surface area contributed by atoms with Crippen molar-refractivity contribution in [3.8, 4) is 0 Å². The summed E-state index contributed by atoms with van der Waals surface area (Å²) in [5.41, 5.74) is 2.32. The molecular weight excluding hydrogens is 204 g/mol. The molecule has 2 nitrogen and oxygen atoms in total. The zero-order chi connectivity index (χ0) is 10.9. The van der Waals surface area contributed by atoms with Crippen molar-refractivity contribution in [2.75, 3.05) is 18.1 Å². The van der Waals surface area contributed by atoms with Crippen molar-refractivity contribution in [2.45, 2.75) is 31.9 Å². The predicted octanol–water partition coefficient (Wildman–Crippen LogP) is 3.55. The molecule has 0 aliphatic heterocycles. The summed E-state index contributed by atoms with van der Waals surface area (Å²) >= 11 is 1.98. The van der Waals surface area contributed by atoms with Gasteiger partial charge in [-0.15, -0.1) is 0 Å². The van der Waals surface area contributed by atoms with Crippen molar-refractivity contribution in [1.29, 1.82) is 0 Å². The van der Waals surface area contributed by atoms with Gasteiger partial charge in [-0.05, 0) is 24.3 Å². The molecule has 0 fully saturated rings. The lowest BCUT2D eigenvalue weighted by molar-refractivity contribution is 0.778. The van der Waals surface area contributed by atoms with Gasteiger partial charge >= 0.3 is 0 Å². The summed E-state index contributed by atoms with van der Waals surface area (Å²) in [5, 5.41) is 3.13. The van der Waals surface area contributed by atoms with Crippen molar-refractivity contribution in [2.24, 2.45) is 0 Å². The van der Waals surface area contributed by atoms with Gasteiger partial charge in [-0.1, -0.05) is 19.8 Å². The van der Waals surface area contributed by atoms with Gasteiger partial charge in [0, 0.05) is 24.7 Å². The fraction of sp³-hybridized carbons (Fsp3) is 0.583. The molecule has 1 aromatic heterocycles. The number of thioether (sulfide) groups is 1. The summed E-state index contributed by atoms with van der Waals surface area (Å²) in [5.74, 6) is 2.28. The Balaban J connectivity index is 2.24. The van der Waals surface area contributed by atoms with Crippen molar-refractivity contribution in [3.63, 3.8) is 0 Å². The zero-order valence-corrected chi connectivity index (χ0v) is 10.4. The van der Waals surface area contributed by atoms with Crippen molar-refractivity contribution in [1.82, 2.24) is 4.98 Å². The van der Waals surface area contributed by atoms with E-state index in [9.17, 15) is 0 Å². The third-order valence-electron chi connectivity index (χ3n) is 2.25. The minimum atomic E-state index is 1.03. The average molecular weight is 224 g/mol. The zero-order valence-electron chi connectivity index (χ0n) is 9.62. The van der Waals surface area contributed by atoms with E-state index in [1.165, 1.54) is 30.7 Å². The van der Waals surface area contributed by atoms with Crippen LogP contribution in [-0.2, 0) is 5.75 Å². The van der Waals surface area contributed by atoms with E-state index < -0.39 is 0 Å². The largest absolute Gasteiger partial charge is 0.388 e. The van der Waals surface area contributed by atoms with Crippen LogP contribution in [0.5, 0.6) is 0 Å². The second-order valence-electron chi connectivity index (χ2n) is 3.55. The quantitative estimate of drug-likeness (QED) is 0.717. The maximum Gasteiger partial charge on any atom is 0.0523 e. The van der Waals surface area contributed by atoms with Gasteiger partial charge in [0.15, 0.2) is 0 Å². The third kappa shape index (κ3) is 5.07. The summed E-state index contributed by atoms with van der Waals surface area (Å²) in [4.78, 5) is 4.34. The molecule has 0 aromatic carbocycles. The Kier molecular flexibility index (Phi) is 6.25. The number of rotatable bonds is 7. The highest BCUT2D eigenvalue weighted by Crippen LogP contribution is 2.15. The number of unbranched alkanes of at least 4 members (excludes halogenated alkanes) is 2. The van der Waals surface area contributed by atoms with E-state index in [0.29, 0.717) is 0 Å². The van der Waals surface area contributed by atoms with Gasteiger partial charge in [0.1, 0.15) is 0 Å². The van der Waals surface area contributed by atoms with Crippen molar-refractivity contribution >= 4 is 17.4 Å². The van der Waals surface area contributed by atoms with Gasteiger partial charge < -0.3 is 5.32 Å². The van der Waals surface area contributed by atoms with E-state index in [4.69, 9.17) is 0 Å². The number of pyridine rings is 1. The maximum absolute atomic E-state index is 4.34. The van der Waals surface area contributed by atoms with E-state index in [-0.39, 0.29) is 0 Å². The van der Waals surface area contributed by atoms with Gasteiger partial charge in [-0.3, -0.25) is 4.98 Å². The van der Waals surface area contributed by atoms with E-state index in [0.717, 1.165) is 11.4 Å². The Labute approximate surface area is 96.9 Å². The van der Waals surface area contributed by atoms with Crippen LogP contribution < -0.4 is 5.32 Å². The van der Waals surface area contributed by atoms with Crippen molar-refractivity contribution < 1.29 is 0 Å². The second kappa shape index (κ2) is 7.57. The molecule has 0 bridgehead atoms. The van der Waals surface area contributed by atoms with Gasteiger partial charge in [0.25, 0.3) is 0 Å². The lowest BCUT2D eigenvalue weighted by Gasteiger charge is -2.03. The first kappa shape index (κ1) is 12.4. The molecule has 0 saturated carbocycles. The first-order chi connectivity index (χ1) is 7.36. The van der Waals surface area contributed by atoms with Crippen LogP contribution in [0.25, 0.3) is 0 Å². The average Bonchev–Trinajstić information content (AvgIpc) is 2.29. The number of nitrogens with zero attached hydrogens (tertiary/aromatic N) is 1. The lowest BCUT2D eigenvalue weighted by atomic mass is 10.3. The van der Waals surface area contributed by atoms with Gasteiger partial charge in [-0.2, -0.15) is 11.8 Å².